The first-order valence-corrected chi connectivity index (χ1v) is 15.0. The van der Waals surface area contributed by atoms with E-state index in [0.29, 0.717) is 12.1 Å². The van der Waals surface area contributed by atoms with Crippen molar-refractivity contribution < 1.29 is 18.8 Å². The lowest BCUT2D eigenvalue weighted by atomic mass is 9.82. The van der Waals surface area contributed by atoms with Crippen molar-refractivity contribution in [3.63, 3.8) is 0 Å². The molecular weight excluding hydrogens is 438 g/mol. The average Bonchev–Trinajstić information content (AvgIpc) is 3.05. The van der Waals surface area contributed by atoms with Crippen LogP contribution in [0.4, 0.5) is 0 Å². The molecule has 32 heavy (non-hydrogen) atoms. The maximum absolute atomic E-state index is 13.4. The number of ether oxygens (including phenoxy) is 1. The van der Waals surface area contributed by atoms with Crippen LogP contribution >= 0.6 is 11.8 Å². The summed E-state index contributed by atoms with van der Waals surface area (Å²) in [5, 5.41) is 0.0643. The van der Waals surface area contributed by atoms with Crippen molar-refractivity contribution in [2.24, 2.45) is 5.92 Å². The number of carbonyl (C=O) groups is 2. The first-order chi connectivity index (χ1) is 15.0. The lowest BCUT2D eigenvalue weighted by Gasteiger charge is -2.49. The number of β-lactam (4-membered cyclic amide) rings is 1. The monoisotopic (exact) mass is 473 g/mol. The van der Waals surface area contributed by atoms with Gasteiger partial charge in [0.15, 0.2) is 8.32 Å². The second kappa shape index (κ2) is 9.57. The fraction of sp³-hybridized carbons (Fsp3) is 0.520. The van der Waals surface area contributed by atoms with Crippen molar-refractivity contribution in [1.82, 2.24) is 4.90 Å². The number of amides is 1. The summed E-state index contributed by atoms with van der Waals surface area (Å²) < 4.78 is 12.0. The Morgan fingerprint density at radius 2 is 1.97 bits per heavy atom. The van der Waals surface area contributed by atoms with E-state index in [1.165, 1.54) is 17.8 Å². The van der Waals surface area contributed by atoms with E-state index in [2.05, 4.69) is 47.4 Å². The molecule has 0 saturated carbocycles. The van der Waals surface area contributed by atoms with Crippen molar-refractivity contribution in [3.8, 4) is 0 Å². The topological polar surface area (TPSA) is 55.8 Å². The number of esters is 1. The minimum atomic E-state index is -2.03. The number of nitrogens with zero attached hydrogens (tertiary/aromatic N) is 1. The summed E-state index contributed by atoms with van der Waals surface area (Å²) >= 11 is 1.54. The van der Waals surface area contributed by atoms with Crippen LogP contribution in [0, 0.1) is 5.92 Å². The Hall–Kier alpha value is -1.83. The molecule has 174 valence electrons. The van der Waals surface area contributed by atoms with E-state index in [-0.39, 0.29) is 35.6 Å². The number of hydrogen-bond acceptors (Lipinski definition) is 5. The number of fused-ring (bicyclic) bond motifs is 1. The Balaban J connectivity index is 1.86. The number of hydrogen-bond donors (Lipinski definition) is 0. The molecule has 0 radical (unpaired) electrons. The van der Waals surface area contributed by atoms with Crippen LogP contribution < -0.4 is 0 Å². The van der Waals surface area contributed by atoms with Gasteiger partial charge in [-0.2, -0.15) is 0 Å². The summed E-state index contributed by atoms with van der Waals surface area (Å²) in [6, 6.07) is 9.86. The average molecular weight is 474 g/mol. The molecule has 0 unspecified atom stereocenters. The predicted molar refractivity (Wildman–Crippen MR) is 132 cm³/mol. The van der Waals surface area contributed by atoms with Crippen molar-refractivity contribution in [2.75, 3.05) is 6.61 Å². The van der Waals surface area contributed by atoms with Crippen molar-refractivity contribution in [2.45, 2.75) is 75.7 Å². The SMILES string of the molecule is C=CCOC(=O)C1=C(Sc2ccccc2)C[C@@H]2[C@H]([C@H](CC)O[Si](C)(C)C(C)(C)C)C(=O)N12. The third-order valence-corrected chi connectivity index (χ3v) is 12.4. The van der Waals surface area contributed by atoms with Crippen LogP contribution in [0.1, 0.15) is 40.5 Å². The first kappa shape index (κ1) is 24.8. The van der Waals surface area contributed by atoms with E-state index in [4.69, 9.17) is 9.16 Å². The highest BCUT2D eigenvalue weighted by molar-refractivity contribution is 8.03. The Bertz CT molecular complexity index is 906. The normalized spacial score (nSPS) is 21.8. The lowest BCUT2D eigenvalue weighted by molar-refractivity contribution is -0.162. The molecule has 1 aromatic carbocycles. The number of benzene rings is 1. The van der Waals surface area contributed by atoms with Gasteiger partial charge in [0.05, 0.1) is 18.1 Å². The first-order valence-electron chi connectivity index (χ1n) is 11.3. The van der Waals surface area contributed by atoms with E-state index in [9.17, 15) is 9.59 Å². The van der Waals surface area contributed by atoms with Crippen molar-refractivity contribution in [3.05, 3.63) is 53.6 Å². The predicted octanol–water partition coefficient (Wildman–Crippen LogP) is 5.75. The van der Waals surface area contributed by atoms with Gasteiger partial charge in [-0.3, -0.25) is 4.79 Å². The molecule has 2 aliphatic heterocycles. The van der Waals surface area contributed by atoms with Gasteiger partial charge in [0, 0.05) is 16.2 Å². The van der Waals surface area contributed by atoms with Crippen LogP contribution in [0.3, 0.4) is 0 Å². The van der Waals surface area contributed by atoms with Crippen molar-refractivity contribution in [1.29, 1.82) is 0 Å². The number of rotatable bonds is 9. The standard InChI is InChI=1S/C25H35NO4SSi/c1-8-15-29-24(28)22-20(31-17-13-11-10-12-14-17)16-18-21(23(27)26(18)22)19(9-2)30-32(6,7)25(3,4)5/h8,10-14,18-19,21H,1,9,15-16H2,2-7H3/t18-,19+,21-/m1/s1. The molecule has 1 aromatic rings. The van der Waals surface area contributed by atoms with Gasteiger partial charge in [-0.25, -0.2) is 4.79 Å². The van der Waals surface area contributed by atoms with Gasteiger partial charge in [0.2, 0.25) is 5.91 Å². The smallest absolute Gasteiger partial charge is 0.356 e. The Kier molecular flexibility index (Phi) is 7.42. The Labute approximate surface area is 197 Å². The summed E-state index contributed by atoms with van der Waals surface area (Å²) in [4.78, 5) is 29.8. The highest BCUT2D eigenvalue weighted by atomic mass is 32.2. The summed E-state index contributed by atoms with van der Waals surface area (Å²) in [6.07, 6.45) is 2.81. The van der Waals surface area contributed by atoms with Crippen LogP contribution in [0.25, 0.3) is 0 Å². The summed E-state index contributed by atoms with van der Waals surface area (Å²) in [7, 11) is -2.03. The van der Waals surface area contributed by atoms with Gasteiger partial charge in [0.1, 0.15) is 12.3 Å². The minimum Gasteiger partial charge on any atom is -0.457 e. The maximum Gasteiger partial charge on any atom is 0.356 e. The van der Waals surface area contributed by atoms with Gasteiger partial charge in [-0.15, -0.1) is 0 Å². The summed E-state index contributed by atoms with van der Waals surface area (Å²) in [5.74, 6) is -0.726. The van der Waals surface area contributed by atoms with Crippen LogP contribution in [0.2, 0.25) is 18.1 Å². The van der Waals surface area contributed by atoms with E-state index < -0.39 is 14.3 Å². The highest BCUT2D eigenvalue weighted by Crippen LogP contribution is 2.50. The van der Waals surface area contributed by atoms with Gasteiger partial charge < -0.3 is 14.1 Å². The second-order valence-electron chi connectivity index (χ2n) is 9.90. The van der Waals surface area contributed by atoms with Gasteiger partial charge >= 0.3 is 5.97 Å². The molecule has 3 atom stereocenters. The highest BCUT2D eigenvalue weighted by Gasteiger charge is 2.59. The molecule has 7 heteroatoms. The molecule has 0 spiro atoms. The fourth-order valence-corrected chi connectivity index (χ4v) is 6.52. The molecule has 0 bridgehead atoms. The van der Waals surface area contributed by atoms with Crippen LogP contribution in [-0.4, -0.2) is 43.8 Å². The summed E-state index contributed by atoms with van der Waals surface area (Å²) in [6.45, 7) is 16.9. The van der Waals surface area contributed by atoms with Gasteiger partial charge in [-0.05, 0) is 36.7 Å². The Morgan fingerprint density at radius 3 is 2.53 bits per heavy atom. The quantitative estimate of drug-likeness (QED) is 0.198. The zero-order valence-electron chi connectivity index (χ0n) is 20.0. The lowest BCUT2D eigenvalue weighted by Crippen LogP contribution is -2.64. The molecule has 2 aliphatic rings. The zero-order valence-corrected chi connectivity index (χ0v) is 21.8. The minimum absolute atomic E-state index is 0.0326. The Morgan fingerprint density at radius 1 is 1.31 bits per heavy atom. The number of carbonyl (C=O) groups excluding carboxylic acids is 2. The van der Waals surface area contributed by atoms with Gasteiger partial charge in [0.25, 0.3) is 0 Å². The molecule has 3 rings (SSSR count). The van der Waals surface area contributed by atoms with Crippen LogP contribution in [0.15, 0.2) is 58.5 Å². The van der Waals surface area contributed by atoms with Gasteiger partial charge in [-0.1, -0.05) is 70.3 Å². The molecule has 2 heterocycles. The fourth-order valence-electron chi connectivity index (χ4n) is 3.99. The number of thioether (sulfide) groups is 1. The molecule has 1 saturated heterocycles. The van der Waals surface area contributed by atoms with E-state index in [1.807, 2.05) is 30.3 Å². The molecule has 0 N–H and O–H groups in total. The van der Waals surface area contributed by atoms with Crippen molar-refractivity contribution >= 4 is 32.0 Å². The van der Waals surface area contributed by atoms with E-state index in [0.717, 1.165) is 16.2 Å². The van der Waals surface area contributed by atoms with Crippen LogP contribution in [-0.2, 0) is 18.8 Å². The second-order valence-corrected chi connectivity index (χ2v) is 15.8. The van der Waals surface area contributed by atoms with Crippen LogP contribution in [0.5, 0.6) is 0 Å². The maximum atomic E-state index is 13.4. The molecule has 0 aromatic heterocycles. The van der Waals surface area contributed by atoms with E-state index in [1.54, 1.807) is 4.90 Å². The largest absolute Gasteiger partial charge is 0.457 e. The molecule has 1 amide bonds. The molecule has 5 nitrogen and oxygen atoms in total. The molecule has 0 aliphatic carbocycles. The molecular formula is C25H35NO4SSi. The third kappa shape index (κ3) is 4.75. The molecule has 1 fully saturated rings. The van der Waals surface area contributed by atoms with E-state index >= 15 is 0 Å². The summed E-state index contributed by atoms with van der Waals surface area (Å²) in [5.41, 5.74) is 0.383. The third-order valence-electron chi connectivity index (χ3n) is 6.73. The zero-order chi connectivity index (χ0) is 23.7.